The highest BCUT2D eigenvalue weighted by Gasteiger charge is 2.20. The fraction of sp³-hybridized carbons (Fsp3) is 0.556. The highest BCUT2D eigenvalue weighted by molar-refractivity contribution is 5.79. The number of hydrogen-bond donors (Lipinski definition) is 5. The Hall–Kier alpha value is -5.21. The summed E-state index contributed by atoms with van der Waals surface area (Å²) in [5.74, 6) is -4.73. The van der Waals surface area contributed by atoms with Crippen molar-refractivity contribution in [1.29, 1.82) is 0 Å². The molecule has 0 aliphatic carbocycles. The first kappa shape index (κ1) is 39.0. The first-order valence-electron chi connectivity index (χ1n) is 14.6. The summed E-state index contributed by atoms with van der Waals surface area (Å²) in [6.07, 6.45) is -0.834. The molecule has 2 aromatic rings. The van der Waals surface area contributed by atoms with Gasteiger partial charge in [-0.05, 0) is 5.53 Å². The van der Waals surface area contributed by atoms with E-state index in [1.807, 2.05) is 0 Å². The van der Waals surface area contributed by atoms with Crippen molar-refractivity contribution in [2.24, 2.45) is 5.11 Å². The molecule has 2 rings (SSSR count). The summed E-state index contributed by atoms with van der Waals surface area (Å²) in [5, 5.41) is 44.2. The molecule has 48 heavy (non-hydrogen) atoms. The minimum atomic E-state index is -0.894. The molecule has 0 unspecified atom stereocenters. The molecule has 2 heterocycles. The number of ether oxygens (including phenoxy) is 4. The summed E-state index contributed by atoms with van der Waals surface area (Å²) in [6, 6.07) is 4.42. The van der Waals surface area contributed by atoms with Crippen LogP contribution in [0, 0.1) is 0 Å². The minimum absolute atomic E-state index is 0.00361. The molecular weight excluding hydrogens is 646 g/mol. The third-order valence-corrected chi connectivity index (χ3v) is 5.93. The van der Waals surface area contributed by atoms with Gasteiger partial charge in [-0.3, -0.25) is 9.59 Å². The SMILES string of the molecule is [N-]=[N+]=NCC(=O)NCCOCCOCCOCCOCCC(=O)N(CCC(=O)On1c(O)ccc1O)CCC(=O)On1c(O)ccc1O. The van der Waals surface area contributed by atoms with Crippen LogP contribution < -0.4 is 15.0 Å². The standard InChI is InChI=1S/C27H39N7O14/c28-31-30-19-20(35)29-8-12-44-14-16-46-18-17-45-15-13-43-11-7-21(36)32(9-5-26(41)47-33-22(37)1-2-23(33)38)10-6-27(42)48-34-24(39)3-4-25(34)40/h1-4,37-40H,5-19H2,(H,29,35). The predicted molar refractivity (Wildman–Crippen MR) is 159 cm³/mol. The van der Waals surface area contributed by atoms with Crippen LogP contribution in [0.3, 0.4) is 0 Å². The number of aromatic nitrogens is 2. The molecule has 0 spiro atoms. The number of aromatic hydroxyl groups is 4. The van der Waals surface area contributed by atoms with Crippen LogP contribution in [0.15, 0.2) is 29.4 Å². The Morgan fingerprint density at radius 1 is 0.688 bits per heavy atom. The van der Waals surface area contributed by atoms with E-state index in [0.29, 0.717) is 29.3 Å². The zero-order chi connectivity index (χ0) is 35.1. The Morgan fingerprint density at radius 2 is 1.10 bits per heavy atom. The molecule has 0 aliphatic heterocycles. The van der Waals surface area contributed by atoms with Gasteiger partial charge < -0.3 is 59.3 Å². The topological polar surface area (TPSA) is 278 Å². The Kier molecular flexibility index (Phi) is 18.1. The second-order valence-electron chi connectivity index (χ2n) is 9.43. The highest BCUT2D eigenvalue weighted by Crippen LogP contribution is 2.20. The van der Waals surface area contributed by atoms with E-state index in [-0.39, 0.29) is 78.5 Å². The second kappa shape index (κ2) is 22.3. The predicted octanol–water partition coefficient (Wildman–Crippen LogP) is -0.786. The number of azide groups is 1. The Balaban J connectivity index is 1.64. The summed E-state index contributed by atoms with van der Waals surface area (Å²) in [5.41, 5.74) is 8.14. The molecule has 21 heteroatoms. The van der Waals surface area contributed by atoms with E-state index in [1.54, 1.807) is 0 Å². The Morgan fingerprint density at radius 3 is 1.54 bits per heavy atom. The lowest BCUT2D eigenvalue weighted by Gasteiger charge is -2.22. The molecule has 5 N–H and O–H groups in total. The number of nitrogens with one attached hydrogen (secondary N) is 1. The van der Waals surface area contributed by atoms with Crippen molar-refractivity contribution < 1.29 is 68.2 Å². The molecule has 0 atom stereocenters. The lowest BCUT2D eigenvalue weighted by atomic mass is 10.3. The van der Waals surface area contributed by atoms with E-state index in [1.165, 1.54) is 4.90 Å². The van der Waals surface area contributed by atoms with Crippen molar-refractivity contribution >= 4 is 23.8 Å². The van der Waals surface area contributed by atoms with Gasteiger partial charge in [-0.1, -0.05) is 5.11 Å². The molecule has 0 aliphatic rings. The van der Waals surface area contributed by atoms with Gasteiger partial charge in [0.2, 0.25) is 35.3 Å². The first-order valence-corrected chi connectivity index (χ1v) is 14.6. The number of amides is 2. The van der Waals surface area contributed by atoms with E-state index in [2.05, 4.69) is 15.3 Å². The van der Waals surface area contributed by atoms with Crippen molar-refractivity contribution in [2.45, 2.75) is 19.3 Å². The van der Waals surface area contributed by atoms with E-state index in [4.69, 9.17) is 34.2 Å². The van der Waals surface area contributed by atoms with Crippen LogP contribution in [0.4, 0.5) is 0 Å². The van der Waals surface area contributed by atoms with Crippen LogP contribution in [0.5, 0.6) is 23.5 Å². The lowest BCUT2D eigenvalue weighted by Crippen LogP contribution is -2.37. The third kappa shape index (κ3) is 15.4. The summed E-state index contributed by atoms with van der Waals surface area (Å²) >= 11 is 0. The molecule has 0 bridgehead atoms. The molecule has 0 saturated heterocycles. The van der Waals surface area contributed by atoms with Gasteiger partial charge >= 0.3 is 11.9 Å². The fourth-order valence-corrected chi connectivity index (χ4v) is 3.59. The van der Waals surface area contributed by atoms with Gasteiger partial charge in [-0.25, -0.2) is 9.59 Å². The average Bonchev–Trinajstić information content (AvgIpc) is 3.55. The normalized spacial score (nSPS) is 10.7. The molecule has 0 aromatic carbocycles. The second-order valence-corrected chi connectivity index (χ2v) is 9.43. The monoisotopic (exact) mass is 685 g/mol. The van der Waals surface area contributed by atoms with Crippen molar-refractivity contribution in [3.05, 3.63) is 34.7 Å². The van der Waals surface area contributed by atoms with Gasteiger partial charge in [-0.2, -0.15) is 0 Å². The molecule has 0 radical (unpaired) electrons. The molecule has 266 valence electrons. The molecule has 2 amide bonds. The maximum Gasteiger partial charge on any atom is 0.335 e. The highest BCUT2D eigenvalue weighted by atomic mass is 16.7. The van der Waals surface area contributed by atoms with Gasteiger partial charge in [0, 0.05) is 48.8 Å². The third-order valence-electron chi connectivity index (χ3n) is 5.93. The van der Waals surface area contributed by atoms with Crippen LogP contribution >= 0.6 is 0 Å². The van der Waals surface area contributed by atoms with Gasteiger partial charge in [-0.15, -0.1) is 9.46 Å². The van der Waals surface area contributed by atoms with Crippen LogP contribution in [-0.4, -0.2) is 138 Å². The van der Waals surface area contributed by atoms with E-state index >= 15 is 0 Å². The van der Waals surface area contributed by atoms with Crippen molar-refractivity contribution in [3.63, 3.8) is 0 Å². The summed E-state index contributed by atoms with van der Waals surface area (Å²) in [4.78, 5) is 62.1. The number of rotatable bonds is 25. The van der Waals surface area contributed by atoms with Crippen molar-refractivity contribution in [3.8, 4) is 23.5 Å². The number of hydrogen-bond acceptors (Lipinski definition) is 15. The number of carbonyl (C=O) groups is 4. The molecule has 0 fully saturated rings. The maximum atomic E-state index is 12.9. The van der Waals surface area contributed by atoms with Gasteiger partial charge in [0.15, 0.2) is 0 Å². The molecule has 21 nitrogen and oxygen atoms in total. The zero-order valence-corrected chi connectivity index (χ0v) is 26.0. The van der Waals surface area contributed by atoms with Gasteiger partial charge in [0.05, 0.1) is 72.1 Å². The van der Waals surface area contributed by atoms with Crippen LogP contribution in [-0.2, 0) is 38.1 Å². The first-order chi connectivity index (χ1) is 23.1. The fourth-order valence-electron chi connectivity index (χ4n) is 3.59. The van der Waals surface area contributed by atoms with E-state index < -0.39 is 47.3 Å². The smallest absolute Gasteiger partial charge is 0.335 e. The minimum Gasteiger partial charge on any atom is -0.492 e. The van der Waals surface area contributed by atoms with Crippen molar-refractivity contribution in [1.82, 2.24) is 19.7 Å². The van der Waals surface area contributed by atoms with E-state index in [0.717, 1.165) is 24.3 Å². The zero-order valence-electron chi connectivity index (χ0n) is 26.0. The van der Waals surface area contributed by atoms with Crippen LogP contribution in [0.25, 0.3) is 10.4 Å². The largest absolute Gasteiger partial charge is 0.492 e. The summed E-state index contributed by atoms with van der Waals surface area (Å²) in [6.45, 7) is 1.50. The molecular formula is C27H39N7O14. The number of carbonyl (C=O) groups excluding carboxylic acids is 4. The lowest BCUT2D eigenvalue weighted by molar-refractivity contribution is -0.147. The quantitative estimate of drug-likeness (QED) is 0.0371. The summed E-state index contributed by atoms with van der Waals surface area (Å²) < 4.78 is 22.5. The summed E-state index contributed by atoms with van der Waals surface area (Å²) in [7, 11) is 0. The van der Waals surface area contributed by atoms with Crippen LogP contribution in [0.2, 0.25) is 0 Å². The average molecular weight is 686 g/mol. The van der Waals surface area contributed by atoms with Crippen molar-refractivity contribution in [2.75, 3.05) is 79.0 Å². The van der Waals surface area contributed by atoms with Gasteiger partial charge in [0.25, 0.3) is 0 Å². The van der Waals surface area contributed by atoms with Gasteiger partial charge in [0.1, 0.15) is 6.54 Å². The molecule has 2 aromatic heterocycles. The Labute approximate surface area is 273 Å². The van der Waals surface area contributed by atoms with Crippen LogP contribution in [0.1, 0.15) is 19.3 Å². The maximum absolute atomic E-state index is 12.9. The molecule has 0 saturated carbocycles. The number of nitrogens with zero attached hydrogens (tertiary/aromatic N) is 6. The van der Waals surface area contributed by atoms with E-state index in [9.17, 15) is 39.6 Å². The Bertz CT molecular complexity index is 1250.